The van der Waals surface area contributed by atoms with E-state index < -0.39 is 6.10 Å². The second-order valence-corrected chi connectivity index (χ2v) is 8.79. The standard InChI is InChI=1S/C24H37N3O2/c25-22(13-6-10-19-8-2-1-3-9-19)23(28)14-7-16-26-24(29)27-17-15-20-11-4-5-12-21(20)18-27/h1-3,8-9,20-21,23,25,28H,4-7,10-18H2,(H,26,29). The largest absolute Gasteiger partial charge is 0.387 e. The van der Waals surface area contributed by atoms with E-state index in [0.29, 0.717) is 37.4 Å². The van der Waals surface area contributed by atoms with E-state index in [0.717, 1.165) is 38.3 Å². The number of fused-ring (bicyclic) bond motifs is 1. The Kier molecular flexibility index (Phi) is 8.53. The van der Waals surface area contributed by atoms with Gasteiger partial charge in [0.1, 0.15) is 0 Å². The molecule has 1 aliphatic carbocycles. The second kappa shape index (κ2) is 11.3. The predicted octanol–water partition coefficient (Wildman–Crippen LogP) is 4.39. The van der Waals surface area contributed by atoms with Crippen LogP contribution in [-0.2, 0) is 6.42 Å². The molecule has 1 aromatic rings. The number of nitrogens with one attached hydrogen (secondary N) is 2. The number of aliphatic hydroxyl groups is 1. The van der Waals surface area contributed by atoms with Crippen molar-refractivity contribution in [1.82, 2.24) is 10.2 Å². The summed E-state index contributed by atoms with van der Waals surface area (Å²) in [6.45, 7) is 2.35. The second-order valence-electron chi connectivity index (χ2n) is 8.79. The molecule has 5 nitrogen and oxygen atoms in total. The molecule has 1 aliphatic heterocycles. The molecular formula is C24H37N3O2. The molecule has 2 aliphatic rings. The fraction of sp³-hybridized carbons (Fsp3) is 0.667. The molecule has 3 rings (SSSR count). The van der Waals surface area contributed by atoms with Crippen molar-refractivity contribution < 1.29 is 9.90 Å². The van der Waals surface area contributed by atoms with Crippen LogP contribution >= 0.6 is 0 Å². The molecule has 0 bridgehead atoms. The number of likely N-dealkylation sites (tertiary alicyclic amines) is 1. The van der Waals surface area contributed by atoms with E-state index in [1.165, 1.54) is 31.2 Å². The van der Waals surface area contributed by atoms with Crippen LogP contribution in [0.25, 0.3) is 0 Å². The van der Waals surface area contributed by atoms with Crippen LogP contribution in [0.5, 0.6) is 0 Å². The van der Waals surface area contributed by atoms with Gasteiger partial charge in [0, 0.05) is 25.3 Å². The maximum Gasteiger partial charge on any atom is 0.317 e. The summed E-state index contributed by atoms with van der Waals surface area (Å²) in [5, 5.41) is 21.3. The third-order valence-corrected chi connectivity index (χ3v) is 6.67. The Morgan fingerprint density at radius 3 is 2.69 bits per heavy atom. The molecule has 1 heterocycles. The SMILES string of the molecule is N=C(CCCc1ccccc1)C(O)CCCNC(=O)N1CCC2CCCCC2C1. The van der Waals surface area contributed by atoms with E-state index >= 15 is 0 Å². The highest BCUT2D eigenvalue weighted by Crippen LogP contribution is 2.35. The minimum Gasteiger partial charge on any atom is -0.387 e. The van der Waals surface area contributed by atoms with Gasteiger partial charge in [0.2, 0.25) is 0 Å². The fourth-order valence-corrected chi connectivity index (χ4v) is 4.86. The van der Waals surface area contributed by atoms with Crippen LogP contribution in [-0.4, -0.2) is 47.5 Å². The van der Waals surface area contributed by atoms with E-state index in [1.807, 2.05) is 23.1 Å². The minimum atomic E-state index is -0.694. The van der Waals surface area contributed by atoms with E-state index in [-0.39, 0.29) is 6.03 Å². The first kappa shape index (κ1) is 21.8. The van der Waals surface area contributed by atoms with Crippen molar-refractivity contribution in [2.45, 2.75) is 70.3 Å². The van der Waals surface area contributed by atoms with Crippen molar-refractivity contribution in [3.8, 4) is 0 Å². The number of urea groups is 1. The molecule has 5 heteroatoms. The maximum absolute atomic E-state index is 12.4. The van der Waals surface area contributed by atoms with Crippen LogP contribution in [0.1, 0.15) is 63.4 Å². The third kappa shape index (κ3) is 6.84. The predicted molar refractivity (Wildman–Crippen MR) is 117 cm³/mol. The summed E-state index contributed by atoms with van der Waals surface area (Å²) >= 11 is 0. The van der Waals surface area contributed by atoms with Gasteiger partial charge in [-0.25, -0.2) is 4.79 Å². The summed E-state index contributed by atoms with van der Waals surface area (Å²) in [5.74, 6) is 1.53. The first-order valence-electron chi connectivity index (χ1n) is 11.5. The molecule has 29 heavy (non-hydrogen) atoms. The summed E-state index contributed by atoms with van der Waals surface area (Å²) in [6, 6.07) is 10.3. The highest BCUT2D eigenvalue weighted by molar-refractivity contribution is 5.85. The first-order valence-corrected chi connectivity index (χ1v) is 11.5. The zero-order valence-electron chi connectivity index (χ0n) is 17.6. The van der Waals surface area contributed by atoms with Crippen molar-refractivity contribution in [2.75, 3.05) is 19.6 Å². The quantitative estimate of drug-likeness (QED) is 0.425. The Bertz CT molecular complexity index is 649. The van der Waals surface area contributed by atoms with Crippen molar-refractivity contribution in [3.63, 3.8) is 0 Å². The number of rotatable bonds is 9. The number of amides is 2. The number of benzene rings is 1. The van der Waals surface area contributed by atoms with Gasteiger partial charge < -0.3 is 20.7 Å². The average Bonchev–Trinajstić information content (AvgIpc) is 2.76. The summed E-state index contributed by atoms with van der Waals surface area (Å²) in [4.78, 5) is 14.4. The van der Waals surface area contributed by atoms with Gasteiger partial charge in [-0.1, -0.05) is 49.6 Å². The maximum atomic E-state index is 12.4. The van der Waals surface area contributed by atoms with Gasteiger partial charge >= 0.3 is 6.03 Å². The number of piperidine rings is 1. The molecule has 0 aromatic heterocycles. The third-order valence-electron chi connectivity index (χ3n) is 6.67. The molecule has 1 saturated carbocycles. The molecule has 3 N–H and O–H groups in total. The molecule has 3 unspecified atom stereocenters. The topological polar surface area (TPSA) is 76.4 Å². The van der Waals surface area contributed by atoms with Gasteiger partial charge in [0.25, 0.3) is 0 Å². The summed E-state index contributed by atoms with van der Waals surface area (Å²) in [7, 11) is 0. The van der Waals surface area contributed by atoms with Crippen molar-refractivity contribution >= 4 is 11.7 Å². The van der Waals surface area contributed by atoms with E-state index in [1.54, 1.807) is 0 Å². The van der Waals surface area contributed by atoms with Crippen LogP contribution in [0.2, 0.25) is 0 Å². The van der Waals surface area contributed by atoms with E-state index in [2.05, 4.69) is 17.4 Å². The number of nitrogens with zero attached hydrogens (tertiary/aromatic N) is 1. The average molecular weight is 400 g/mol. The van der Waals surface area contributed by atoms with E-state index in [9.17, 15) is 9.90 Å². The summed E-state index contributed by atoms with van der Waals surface area (Å²) < 4.78 is 0. The van der Waals surface area contributed by atoms with Gasteiger partial charge in [0.15, 0.2) is 0 Å². The summed E-state index contributed by atoms with van der Waals surface area (Å²) in [6.07, 6.45) is 9.42. The lowest BCUT2D eigenvalue weighted by molar-refractivity contribution is 0.102. The Morgan fingerprint density at radius 2 is 1.90 bits per heavy atom. The van der Waals surface area contributed by atoms with Gasteiger partial charge in [-0.2, -0.15) is 0 Å². The zero-order valence-corrected chi connectivity index (χ0v) is 17.6. The van der Waals surface area contributed by atoms with Crippen molar-refractivity contribution in [2.24, 2.45) is 11.8 Å². The van der Waals surface area contributed by atoms with Gasteiger partial charge in [-0.3, -0.25) is 0 Å². The molecule has 0 spiro atoms. The van der Waals surface area contributed by atoms with E-state index in [4.69, 9.17) is 5.41 Å². The monoisotopic (exact) mass is 399 g/mol. The highest BCUT2D eigenvalue weighted by atomic mass is 16.3. The number of hydrogen-bond acceptors (Lipinski definition) is 3. The zero-order chi connectivity index (χ0) is 20.5. The lowest BCUT2D eigenvalue weighted by atomic mass is 9.75. The van der Waals surface area contributed by atoms with Gasteiger partial charge in [-0.05, 0) is 62.3 Å². The lowest BCUT2D eigenvalue weighted by Gasteiger charge is -2.41. The fourth-order valence-electron chi connectivity index (χ4n) is 4.86. The van der Waals surface area contributed by atoms with Gasteiger partial charge in [-0.15, -0.1) is 0 Å². The number of aliphatic hydroxyl groups excluding tert-OH is 1. The first-order chi connectivity index (χ1) is 14.1. The lowest BCUT2D eigenvalue weighted by Crippen LogP contribution is -2.48. The van der Waals surface area contributed by atoms with Crippen LogP contribution in [0.3, 0.4) is 0 Å². The Hall–Kier alpha value is -1.88. The van der Waals surface area contributed by atoms with Crippen LogP contribution in [0.15, 0.2) is 30.3 Å². The smallest absolute Gasteiger partial charge is 0.317 e. The van der Waals surface area contributed by atoms with Crippen molar-refractivity contribution in [1.29, 1.82) is 5.41 Å². The molecule has 1 saturated heterocycles. The molecular weight excluding hydrogens is 362 g/mol. The highest BCUT2D eigenvalue weighted by Gasteiger charge is 2.32. The minimum absolute atomic E-state index is 0.0430. The number of aryl methyl sites for hydroxylation is 1. The van der Waals surface area contributed by atoms with Crippen molar-refractivity contribution in [3.05, 3.63) is 35.9 Å². The summed E-state index contributed by atoms with van der Waals surface area (Å²) in [5.41, 5.74) is 1.68. The Morgan fingerprint density at radius 1 is 1.14 bits per heavy atom. The van der Waals surface area contributed by atoms with Crippen LogP contribution in [0, 0.1) is 17.2 Å². The molecule has 1 aromatic carbocycles. The normalized spacial score (nSPS) is 22.6. The van der Waals surface area contributed by atoms with Crippen LogP contribution < -0.4 is 5.32 Å². The molecule has 0 radical (unpaired) electrons. The molecule has 160 valence electrons. The number of carbonyl (C=O) groups excluding carboxylic acids is 1. The number of hydrogen-bond donors (Lipinski definition) is 3. The Balaban J connectivity index is 1.26. The Labute approximate surface area is 175 Å². The molecule has 2 amide bonds. The molecule has 3 atom stereocenters. The number of carbonyl (C=O) groups is 1. The van der Waals surface area contributed by atoms with Crippen LogP contribution in [0.4, 0.5) is 4.79 Å². The van der Waals surface area contributed by atoms with Gasteiger partial charge in [0.05, 0.1) is 6.10 Å². The molecule has 2 fully saturated rings.